The van der Waals surface area contributed by atoms with Crippen LogP contribution < -0.4 is 0 Å². The summed E-state index contributed by atoms with van der Waals surface area (Å²) >= 11 is 0. The van der Waals surface area contributed by atoms with Gasteiger partial charge in [0.2, 0.25) is 0 Å². The minimum absolute atomic E-state index is 0.223. The first-order valence-corrected chi connectivity index (χ1v) is 5.92. The van der Waals surface area contributed by atoms with Gasteiger partial charge in [-0.15, -0.1) is 0 Å². The molecule has 1 saturated carbocycles. The molecule has 0 aromatic heterocycles. The molecule has 0 N–H and O–H groups in total. The van der Waals surface area contributed by atoms with E-state index in [0.717, 1.165) is 24.7 Å². The van der Waals surface area contributed by atoms with Crippen molar-refractivity contribution in [2.45, 2.75) is 65.0 Å². The number of hydrogen-bond acceptors (Lipinski definition) is 2. The van der Waals surface area contributed by atoms with Crippen LogP contribution in [0.4, 0.5) is 0 Å². The second kappa shape index (κ2) is 3.49. The van der Waals surface area contributed by atoms with Gasteiger partial charge in [-0.3, -0.25) is 0 Å². The van der Waals surface area contributed by atoms with Gasteiger partial charge in [0.25, 0.3) is 0 Å². The Morgan fingerprint density at radius 2 is 1.64 bits per heavy atom. The van der Waals surface area contributed by atoms with Crippen LogP contribution in [0.1, 0.15) is 47.0 Å². The summed E-state index contributed by atoms with van der Waals surface area (Å²) in [6, 6.07) is 0. The molecule has 0 aromatic carbocycles. The van der Waals surface area contributed by atoms with Gasteiger partial charge >= 0.3 is 0 Å². The Bertz CT molecular complexity index is 204. The molecule has 2 nitrogen and oxygen atoms in total. The second-order valence-corrected chi connectivity index (χ2v) is 5.11. The molecule has 1 aliphatic heterocycles. The average Bonchev–Trinajstić information content (AvgIpc) is 2.55. The van der Waals surface area contributed by atoms with Gasteiger partial charge in [0.15, 0.2) is 5.79 Å². The van der Waals surface area contributed by atoms with Crippen LogP contribution in [-0.2, 0) is 9.47 Å². The third kappa shape index (κ3) is 1.59. The third-order valence-electron chi connectivity index (χ3n) is 4.00. The maximum atomic E-state index is 6.00. The molecule has 1 aliphatic carbocycles. The molecule has 82 valence electrons. The predicted octanol–water partition coefficient (Wildman–Crippen LogP) is 2.96. The van der Waals surface area contributed by atoms with E-state index in [1.807, 2.05) is 0 Å². The van der Waals surface area contributed by atoms with Crippen molar-refractivity contribution < 1.29 is 9.47 Å². The highest BCUT2D eigenvalue weighted by molar-refractivity contribution is 4.92. The predicted molar refractivity (Wildman–Crippen MR) is 56.0 cm³/mol. The fraction of sp³-hybridized carbons (Fsp3) is 1.00. The molecule has 0 amide bonds. The fourth-order valence-electron chi connectivity index (χ4n) is 2.98. The third-order valence-corrected chi connectivity index (χ3v) is 4.00. The summed E-state index contributed by atoms with van der Waals surface area (Å²) in [7, 11) is 0. The topological polar surface area (TPSA) is 18.5 Å². The molecule has 1 spiro atoms. The van der Waals surface area contributed by atoms with Gasteiger partial charge in [-0.2, -0.15) is 0 Å². The largest absolute Gasteiger partial charge is 0.344 e. The minimum Gasteiger partial charge on any atom is -0.344 e. The number of ether oxygens (including phenoxy) is 2. The molecule has 0 radical (unpaired) electrons. The van der Waals surface area contributed by atoms with Crippen LogP contribution in [0.2, 0.25) is 0 Å². The van der Waals surface area contributed by atoms with Gasteiger partial charge in [-0.1, -0.05) is 20.3 Å². The summed E-state index contributed by atoms with van der Waals surface area (Å²) in [5, 5.41) is 0. The molecule has 2 aliphatic rings. The molecule has 1 saturated heterocycles. The van der Waals surface area contributed by atoms with Crippen molar-refractivity contribution in [2.75, 3.05) is 0 Å². The molecule has 2 heteroatoms. The van der Waals surface area contributed by atoms with Crippen LogP contribution in [-0.4, -0.2) is 18.0 Å². The molecular weight excluding hydrogens is 176 g/mol. The Hall–Kier alpha value is -0.0800. The van der Waals surface area contributed by atoms with Crippen LogP contribution in [0.5, 0.6) is 0 Å². The zero-order valence-electron chi connectivity index (χ0n) is 9.75. The normalized spacial score (nSPS) is 46.3. The fourth-order valence-corrected chi connectivity index (χ4v) is 2.98. The van der Waals surface area contributed by atoms with Crippen LogP contribution >= 0.6 is 0 Å². The summed E-state index contributed by atoms with van der Waals surface area (Å²) in [5.74, 6) is 1.31. The Labute approximate surface area is 87.0 Å². The molecule has 0 unspecified atom stereocenters. The summed E-state index contributed by atoms with van der Waals surface area (Å²) in [4.78, 5) is 0. The molecule has 4 atom stereocenters. The highest BCUT2D eigenvalue weighted by Gasteiger charge is 2.51. The highest BCUT2D eigenvalue weighted by Crippen LogP contribution is 2.48. The first kappa shape index (κ1) is 10.4. The summed E-state index contributed by atoms with van der Waals surface area (Å²) < 4.78 is 12.0. The van der Waals surface area contributed by atoms with Crippen molar-refractivity contribution in [3.05, 3.63) is 0 Å². The van der Waals surface area contributed by atoms with Crippen molar-refractivity contribution >= 4 is 0 Å². The summed E-state index contributed by atoms with van der Waals surface area (Å²) in [6.45, 7) is 8.82. The van der Waals surface area contributed by atoms with Crippen molar-refractivity contribution in [3.8, 4) is 0 Å². The molecule has 14 heavy (non-hydrogen) atoms. The van der Waals surface area contributed by atoms with Crippen molar-refractivity contribution in [1.82, 2.24) is 0 Å². The zero-order valence-corrected chi connectivity index (χ0v) is 9.75. The minimum atomic E-state index is -0.223. The van der Waals surface area contributed by atoms with Crippen molar-refractivity contribution in [3.63, 3.8) is 0 Å². The van der Waals surface area contributed by atoms with Gasteiger partial charge in [-0.25, -0.2) is 0 Å². The van der Waals surface area contributed by atoms with E-state index in [1.54, 1.807) is 0 Å². The Morgan fingerprint density at radius 1 is 1.07 bits per heavy atom. The van der Waals surface area contributed by atoms with Gasteiger partial charge in [-0.05, 0) is 25.7 Å². The lowest BCUT2D eigenvalue weighted by molar-refractivity contribution is -0.170. The monoisotopic (exact) mass is 198 g/mol. The lowest BCUT2D eigenvalue weighted by Gasteiger charge is -2.22. The maximum Gasteiger partial charge on any atom is 0.169 e. The quantitative estimate of drug-likeness (QED) is 0.645. The molecule has 2 fully saturated rings. The van der Waals surface area contributed by atoms with Gasteiger partial charge < -0.3 is 9.47 Å². The Morgan fingerprint density at radius 3 is 2.07 bits per heavy atom. The summed E-state index contributed by atoms with van der Waals surface area (Å²) in [5.41, 5.74) is 0. The SMILES string of the molecule is CC[C@H]1CC2(C[C@@H]1C)O[C@H](C)[C@@H](C)O2. The smallest absolute Gasteiger partial charge is 0.169 e. The Balaban J connectivity index is 2.06. The van der Waals surface area contributed by atoms with Gasteiger partial charge in [0.05, 0.1) is 12.2 Å². The number of hydrogen-bond donors (Lipinski definition) is 0. The van der Waals surface area contributed by atoms with Gasteiger partial charge in [0.1, 0.15) is 0 Å². The lowest BCUT2D eigenvalue weighted by Crippen LogP contribution is -2.27. The average molecular weight is 198 g/mol. The maximum absolute atomic E-state index is 6.00. The Kier molecular flexibility index (Phi) is 2.61. The van der Waals surface area contributed by atoms with E-state index < -0.39 is 0 Å². The zero-order chi connectivity index (χ0) is 10.3. The van der Waals surface area contributed by atoms with Gasteiger partial charge in [0, 0.05) is 12.8 Å². The van der Waals surface area contributed by atoms with E-state index in [9.17, 15) is 0 Å². The lowest BCUT2D eigenvalue weighted by atomic mass is 9.96. The molecule has 0 bridgehead atoms. The van der Waals surface area contributed by atoms with E-state index in [2.05, 4.69) is 27.7 Å². The molecule has 0 aromatic rings. The first-order chi connectivity index (χ1) is 6.56. The highest BCUT2D eigenvalue weighted by atomic mass is 16.8. The van der Waals surface area contributed by atoms with E-state index in [1.165, 1.54) is 6.42 Å². The van der Waals surface area contributed by atoms with Crippen LogP contribution in [0.25, 0.3) is 0 Å². The second-order valence-electron chi connectivity index (χ2n) is 5.11. The molecule has 1 heterocycles. The van der Waals surface area contributed by atoms with Crippen molar-refractivity contribution in [1.29, 1.82) is 0 Å². The van der Waals surface area contributed by atoms with E-state index >= 15 is 0 Å². The van der Waals surface area contributed by atoms with Crippen LogP contribution in [0.15, 0.2) is 0 Å². The standard InChI is InChI=1S/C12H22O2/c1-5-11-7-12(6-8(11)2)13-9(3)10(4)14-12/h8-11H,5-7H2,1-4H3/t8-,9+,10+,11-/m0/s1. The molecule has 2 rings (SSSR count). The first-order valence-electron chi connectivity index (χ1n) is 5.92. The van der Waals surface area contributed by atoms with E-state index in [-0.39, 0.29) is 18.0 Å². The number of rotatable bonds is 1. The van der Waals surface area contributed by atoms with Crippen LogP contribution in [0.3, 0.4) is 0 Å². The van der Waals surface area contributed by atoms with E-state index in [0.29, 0.717) is 0 Å². The molecular formula is C12H22O2. The van der Waals surface area contributed by atoms with Crippen molar-refractivity contribution in [2.24, 2.45) is 11.8 Å². The van der Waals surface area contributed by atoms with Crippen LogP contribution in [0, 0.1) is 11.8 Å². The summed E-state index contributed by atoms with van der Waals surface area (Å²) in [6.07, 6.45) is 3.95. The van der Waals surface area contributed by atoms with E-state index in [4.69, 9.17) is 9.47 Å².